The number of hydrogen-bond donors (Lipinski definition) is 2. The van der Waals surface area contributed by atoms with Gasteiger partial charge in [0.15, 0.2) is 0 Å². The van der Waals surface area contributed by atoms with E-state index in [-0.39, 0.29) is 9.79 Å². The molecule has 398 valence electrons. The van der Waals surface area contributed by atoms with E-state index in [1.165, 1.54) is 24.3 Å². The van der Waals surface area contributed by atoms with Crippen molar-refractivity contribution >= 4 is 20.2 Å². The zero-order chi connectivity index (χ0) is 56.5. The lowest BCUT2D eigenvalue weighted by atomic mass is 9.78. The Bertz CT molecular complexity index is 4220. The summed E-state index contributed by atoms with van der Waals surface area (Å²) in [6.45, 7) is 4.17. The van der Waals surface area contributed by atoms with E-state index in [1.54, 1.807) is 24.3 Å². The lowest BCUT2D eigenvalue weighted by molar-refractivity contribution is 0.481. The molecule has 8 heteroatoms. The van der Waals surface area contributed by atoms with Crippen LogP contribution in [-0.4, -0.2) is 25.9 Å². The Kier molecular flexibility index (Phi) is 14.4. The smallest absolute Gasteiger partial charge is 0.282 e. The second-order valence-electron chi connectivity index (χ2n) is 20.5. The van der Waals surface area contributed by atoms with Gasteiger partial charge in [-0.3, -0.25) is 9.11 Å². The Hall–Kier alpha value is -9.54. The Morgan fingerprint density at radius 1 is 0.220 bits per heavy atom. The van der Waals surface area contributed by atoms with Gasteiger partial charge >= 0.3 is 0 Å². The number of aryl methyl sites for hydroxylation is 2. The van der Waals surface area contributed by atoms with E-state index in [2.05, 4.69) is 172 Å². The quantitative estimate of drug-likeness (QED) is 0.111. The van der Waals surface area contributed by atoms with Crippen molar-refractivity contribution in [1.82, 2.24) is 0 Å². The summed E-state index contributed by atoms with van der Waals surface area (Å²) in [6.07, 6.45) is 0. The summed E-state index contributed by atoms with van der Waals surface area (Å²) in [7, 11) is -8.87. The van der Waals surface area contributed by atoms with E-state index in [0.717, 1.165) is 134 Å². The van der Waals surface area contributed by atoms with E-state index >= 15 is 0 Å². The van der Waals surface area contributed by atoms with Gasteiger partial charge in [0.05, 0.1) is 9.79 Å². The predicted octanol–water partition coefficient (Wildman–Crippen LogP) is 19.1. The minimum absolute atomic E-state index is 0.179. The van der Waals surface area contributed by atoms with Crippen molar-refractivity contribution in [3.63, 3.8) is 0 Å². The Morgan fingerprint density at radius 3 is 0.659 bits per heavy atom. The molecule has 0 heterocycles. The van der Waals surface area contributed by atoms with Crippen LogP contribution in [0.1, 0.15) is 11.1 Å². The van der Waals surface area contributed by atoms with Gasteiger partial charge in [-0.15, -0.1) is 0 Å². The number of benzene rings is 12. The van der Waals surface area contributed by atoms with Gasteiger partial charge in [0.2, 0.25) is 0 Å². The zero-order valence-electron chi connectivity index (χ0n) is 44.9. The van der Waals surface area contributed by atoms with Crippen LogP contribution in [0.4, 0.5) is 0 Å². The van der Waals surface area contributed by atoms with Crippen molar-refractivity contribution in [3.05, 3.63) is 290 Å². The van der Waals surface area contributed by atoms with E-state index < -0.39 is 20.2 Å². The van der Waals surface area contributed by atoms with Gasteiger partial charge in [-0.2, -0.15) is 16.8 Å². The molecule has 0 radical (unpaired) electrons. The first-order chi connectivity index (χ1) is 39.8. The highest BCUT2D eigenvalue weighted by Crippen LogP contribution is 2.53. The summed E-state index contributed by atoms with van der Waals surface area (Å²) in [6, 6.07) is 93.1. The molecule has 0 spiro atoms. The maximum Gasteiger partial charge on any atom is 0.294 e. The topological polar surface area (TPSA) is 109 Å². The third-order valence-electron chi connectivity index (χ3n) is 15.2. The maximum atomic E-state index is 12.3. The molecular weight excluding hydrogens is 1050 g/mol. The Labute approximate surface area is 479 Å². The molecule has 0 amide bonds. The molecule has 0 aliphatic rings. The van der Waals surface area contributed by atoms with Crippen LogP contribution in [0.3, 0.4) is 0 Å². The SMILES string of the molecule is Cc1ccc(-c2c(-c3ccc(-c4ccc(-c5cc(-c6ccc(S(=O)(=O)O)cc6)c(-c6ccccc6)c(-c6ccccc6)c5-c5ccc(C)cc5)cc4)cc3)cc(-c3ccc(S(=O)(=O)O)cc3)c(-c3ccccc3)c2-c2ccccc2)cc1. The van der Waals surface area contributed by atoms with Crippen molar-refractivity contribution in [2.24, 2.45) is 0 Å². The second-order valence-corrected chi connectivity index (χ2v) is 23.4. The fraction of sp³-hybridized carbons (Fsp3) is 0.0270. The molecule has 0 unspecified atom stereocenters. The fourth-order valence-corrected chi connectivity index (χ4v) is 12.2. The summed E-state index contributed by atoms with van der Waals surface area (Å²) in [5.74, 6) is 0. The summed E-state index contributed by atoms with van der Waals surface area (Å²) in [4.78, 5) is -0.358. The van der Waals surface area contributed by atoms with Crippen LogP contribution in [-0.2, 0) is 20.2 Å². The summed E-state index contributed by atoms with van der Waals surface area (Å²) >= 11 is 0. The highest BCUT2D eigenvalue weighted by atomic mass is 32.2. The highest BCUT2D eigenvalue weighted by Gasteiger charge is 2.27. The van der Waals surface area contributed by atoms with Crippen molar-refractivity contribution in [2.45, 2.75) is 23.6 Å². The van der Waals surface area contributed by atoms with E-state index in [4.69, 9.17) is 0 Å². The highest BCUT2D eigenvalue weighted by molar-refractivity contribution is 7.86. The molecule has 0 saturated heterocycles. The summed E-state index contributed by atoms with van der Waals surface area (Å²) < 4.78 is 69.2. The lowest BCUT2D eigenvalue weighted by Crippen LogP contribution is -2.00. The monoisotopic (exact) mass is 1100 g/mol. The first-order valence-electron chi connectivity index (χ1n) is 26.9. The molecule has 12 aromatic rings. The molecule has 2 N–H and O–H groups in total. The van der Waals surface area contributed by atoms with Gasteiger partial charge in [-0.1, -0.05) is 254 Å². The van der Waals surface area contributed by atoms with Gasteiger partial charge < -0.3 is 0 Å². The van der Waals surface area contributed by atoms with Gasteiger partial charge in [-0.25, -0.2) is 0 Å². The van der Waals surface area contributed by atoms with Crippen molar-refractivity contribution in [1.29, 1.82) is 0 Å². The molecule has 0 aliphatic carbocycles. The Morgan fingerprint density at radius 2 is 0.415 bits per heavy atom. The number of hydrogen-bond acceptors (Lipinski definition) is 4. The maximum absolute atomic E-state index is 12.3. The van der Waals surface area contributed by atoms with Crippen LogP contribution in [0, 0.1) is 13.8 Å². The molecule has 82 heavy (non-hydrogen) atoms. The minimum atomic E-state index is -4.43. The van der Waals surface area contributed by atoms with Crippen LogP contribution in [0.2, 0.25) is 0 Å². The first kappa shape index (κ1) is 53.1. The predicted molar refractivity (Wildman–Crippen MR) is 335 cm³/mol. The van der Waals surface area contributed by atoms with E-state index in [0.29, 0.717) is 0 Å². The molecule has 0 atom stereocenters. The lowest BCUT2D eigenvalue weighted by Gasteiger charge is -2.25. The van der Waals surface area contributed by atoms with Gasteiger partial charge in [-0.05, 0) is 173 Å². The third-order valence-corrected chi connectivity index (χ3v) is 17.0. The van der Waals surface area contributed by atoms with Crippen LogP contribution >= 0.6 is 0 Å². The van der Waals surface area contributed by atoms with Crippen LogP contribution in [0.5, 0.6) is 0 Å². The van der Waals surface area contributed by atoms with Crippen LogP contribution < -0.4 is 0 Å². The molecule has 6 nitrogen and oxygen atoms in total. The fourth-order valence-electron chi connectivity index (χ4n) is 11.2. The average Bonchev–Trinajstić information content (AvgIpc) is 3.56. The molecule has 0 saturated carbocycles. The van der Waals surface area contributed by atoms with Gasteiger partial charge in [0.25, 0.3) is 20.2 Å². The largest absolute Gasteiger partial charge is 0.294 e. The normalized spacial score (nSPS) is 11.6. The minimum Gasteiger partial charge on any atom is -0.282 e. The van der Waals surface area contributed by atoms with Crippen molar-refractivity contribution in [3.8, 4) is 122 Å². The standard InChI is InChI=1S/C74H54O6S2/c1-49-23-27-61(28-24-49)71-65(47-67(55-39-43-63(44-40-55)81(75,76)77)69(57-15-7-3-8-16-57)73(71)59-19-11-5-12-20-59)53-35-31-51(32-36-53)52-33-37-54(38-34-52)66-48-68(56-41-45-64(46-42-56)82(78,79)80)70(58-17-9-4-10-18-58)74(60-21-13-6-14-22-60)72(66)62-29-25-50(2)26-30-62/h3-48H,1-2H3,(H,75,76,77)(H,78,79,80). The molecule has 0 aliphatic heterocycles. The summed E-state index contributed by atoms with van der Waals surface area (Å²) in [5.41, 5.74) is 23.8. The van der Waals surface area contributed by atoms with Crippen LogP contribution in [0.15, 0.2) is 289 Å². The third kappa shape index (κ3) is 10.7. The second kappa shape index (κ2) is 22.2. The molecule has 0 bridgehead atoms. The molecule has 0 fully saturated rings. The van der Waals surface area contributed by atoms with Crippen molar-refractivity contribution in [2.75, 3.05) is 0 Å². The molecular formula is C74H54O6S2. The van der Waals surface area contributed by atoms with E-state index in [1.807, 2.05) is 72.8 Å². The molecule has 12 rings (SSSR count). The van der Waals surface area contributed by atoms with Crippen molar-refractivity contribution < 1.29 is 25.9 Å². The van der Waals surface area contributed by atoms with Gasteiger partial charge in [0.1, 0.15) is 0 Å². The Balaban J connectivity index is 1.04. The molecule has 12 aromatic carbocycles. The zero-order valence-corrected chi connectivity index (χ0v) is 46.5. The number of rotatable bonds is 13. The average molecular weight is 1100 g/mol. The first-order valence-corrected chi connectivity index (χ1v) is 29.8. The van der Waals surface area contributed by atoms with Gasteiger partial charge in [0, 0.05) is 0 Å². The molecule has 0 aromatic heterocycles. The van der Waals surface area contributed by atoms with Crippen LogP contribution in [0.25, 0.3) is 122 Å². The van der Waals surface area contributed by atoms with E-state index in [9.17, 15) is 25.9 Å². The summed E-state index contributed by atoms with van der Waals surface area (Å²) in [5, 5.41) is 0.